The highest BCUT2D eigenvalue weighted by Gasteiger charge is 2.14. The Morgan fingerprint density at radius 3 is 2.58 bits per heavy atom. The van der Waals surface area contributed by atoms with E-state index in [0.29, 0.717) is 6.04 Å². The predicted octanol–water partition coefficient (Wildman–Crippen LogP) is 1.80. The van der Waals surface area contributed by atoms with Crippen molar-refractivity contribution in [1.82, 2.24) is 15.3 Å². The van der Waals surface area contributed by atoms with Gasteiger partial charge in [0.15, 0.2) is 0 Å². The molecule has 0 radical (unpaired) electrons. The van der Waals surface area contributed by atoms with Crippen LogP contribution in [-0.4, -0.2) is 42.2 Å². The van der Waals surface area contributed by atoms with Gasteiger partial charge in [0, 0.05) is 25.2 Å². The summed E-state index contributed by atoms with van der Waals surface area (Å²) >= 11 is 0. The van der Waals surface area contributed by atoms with Crippen LogP contribution in [0.25, 0.3) is 0 Å². The molecule has 2 N–H and O–H groups in total. The van der Waals surface area contributed by atoms with Gasteiger partial charge in [-0.25, -0.2) is 9.97 Å². The van der Waals surface area contributed by atoms with E-state index in [9.17, 15) is 0 Å². The first-order valence-electron chi connectivity index (χ1n) is 7.30. The molecule has 0 saturated carbocycles. The summed E-state index contributed by atoms with van der Waals surface area (Å²) in [4.78, 5) is 11.3. The van der Waals surface area contributed by atoms with Gasteiger partial charge in [-0.3, -0.25) is 0 Å². The van der Waals surface area contributed by atoms with Gasteiger partial charge in [0.25, 0.3) is 0 Å². The second-order valence-corrected chi connectivity index (χ2v) is 5.00. The van der Waals surface area contributed by atoms with Gasteiger partial charge in [-0.05, 0) is 46.7 Å². The highest BCUT2D eigenvalue weighted by molar-refractivity contribution is 5.49. The van der Waals surface area contributed by atoms with Crippen molar-refractivity contribution in [2.45, 2.75) is 39.7 Å². The number of aromatic nitrogens is 2. The van der Waals surface area contributed by atoms with Crippen LogP contribution in [0.5, 0.6) is 0 Å². The topological polar surface area (TPSA) is 53.1 Å². The Morgan fingerprint density at radius 2 is 1.95 bits per heavy atom. The lowest BCUT2D eigenvalue weighted by Gasteiger charge is -2.25. The van der Waals surface area contributed by atoms with Gasteiger partial charge in [-0.2, -0.15) is 0 Å². The van der Waals surface area contributed by atoms with Crippen LogP contribution in [0.15, 0.2) is 6.07 Å². The van der Waals surface area contributed by atoms with Crippen LogP contribution >= 0.6 is 0 Å². The SMILES string of the molecule is CCN(CC)c1cc(NC2CCNCC2)nc(C)n1. The molecule has 0 aromatic carbocycles. The molecule has 2 rings (SSSR count). The summed E-state index contributed by atoms with van der Waals surface area (Å²) in [5, 5.41) is 6.93. The monoisotopic (exact) mass is 263 g/mol. The minimum Gasteiger partial charge on any atom is -0.367 e. The maximum absolute atomic E-state index is 4.53. The number of piperidine rings is 1. The number of anilines is 2. The van der Waals surface area contributed by atoms with Crippen molar-refractivity contribution in [2.24, 2.45) is 0 Å². The molecule has 0 unspecified atom stereocenters. The van der Waals surface area contributed by atoms with E-state index in [1.807, 2.05) is 6.92 Å². The maximum Gasteiger partial charge on any atom is 0.134 e. The predicted molar refractivity (Wildman–Crippen MR) is 79.8 cm³/mol. The van der Waals surface area contributed by atoms with E-state index >= 15 is 0 Å². The molecule has 0 amide bonds. The van der Waals surface area contributed by atoms with Crippen LogP contribution in [0.1, 0.15) is 32.5 Å². The van der Waals surface area contributed by atoms with E-state index in [4.69, 9.17) is 0 Å². The van der Waals surface area contributed by atoms with Crippen LogP contribution < -0.4 is 15.5 Å². The Bertz CT molecular complexity index is 397. The highest BCUT2D eigenvalue weighted by Crippen LogP contribution is 2.18. The van der Waals surface area contributed by atoms with E-state index in [1.165, 1.54) is 0 Å². The van der Waals surface area contributed by atoms with E-state index in [0.717, 1.165) is 56.5 Å². The first kappa shape index (κ1) is 14.1. The lowest BCUT2D eigenvalue weighted by molar-refractivity contribution is 0.478. The molecule has 1 aliphatic heterocycles. The average molecular weight is 263 g/mol. The zero-order valence-corrected chi connectivity index (χ0v) is 12.2. The molecule has 2 heterocycles. The fraction of sp³-hybridized carbons (Fsp3) is 0.714. The van der Waals surface area contributed by atoms with Crippen molar-refractivity contribution in [2.75, 3.05) is 36.4 Å². The quantitative estimate of drug-likeness (QED) is 0.848. The third kappa shape index (κ3) is 3.80. The summed E-state index contributed by atoms with van der Waals surface area (Å²) in [6.45, 7) is 10.4. The van der Waals surface area contributed by atoms with Gasteiger partial charge in [-0.15, -0.1) is 0 Å². The fourth-order valence-corrected chi connectivity index (χ4v) is 2.51. The third-order valence-electron chi connectivity index (χ3n) is 3.60. The minimum atomic E-state index is 0.528. The summed E-state index contributed by atoms with van der Waals surface area (Å²) in [7, 11) is 0. The summed E-state index contributed by atoms with van der Waals surface area (Å²) in [5.74, 6) is 2.82. The zero-order chi connectivity index (χ0) is 13.7. The lowest BCUT2D eigenvalue weighted by Crippen LogP contribution is -2.35. The molecule has 1 fully saturated rings. The molecule has 5 nitrogen and oxygen atoms in total. The first-order chi connectivity index (χ1) is 9.22. The van der Waals surface area contributed by atoms with Crippen molar-refractivity contribution < 1.29 is 0 Å². The van der Waals surface area contributed by atoms with Gasteiger partial charge < -0.3 is 15.5 Å². The molecule has 0 spiro atoms. The number of rotatable bonds is 5. The zero-order valence-electron chi connectivity index (χ0n) is 12.2. The van der Waals surface area contributed by atoms with Gasteiger partial charge in [0.1, 0.15) is 17.5 Å². The van der Waals surface area contributed by atoms with Crippen LogP contribution in [0.4, 0.5) is 11.6 Å². The van der Waals surface area contributed by atoms with Gasteiger partial charge in [-0.1, -0.05) is 0 Å². The second kappa shape index (κ2) is 6.70. The number of nitrogens with zero attached hydrogens (tertiary/aromatic N) is 3. The van der Waals surface area contributed by atoms with E-state index < -0.39 is 0 Å². The van der Waals surface area contributed by atoms with Gasteiger partial charge in [0.05, 0.1) is 0 Å². The molecule has 0 bridgehead atoms. The largest absolute Gasteiger partial charge is 0.367 e. The molecule has 5 heteroatoms. The number of hydrogen-bond donors (Lipinski definition) is 2. The molecule has 0 atom stereocenters. The molecule has 1 aromatic heterocycles. The summed E-state index contributed by atoms with van der Waals surface area (Å²) < 4.78 is 0. The molecule has 1 aliphatic rings. The Labute approximate surface area is 115 Å². The minimum absolute atomic E-state index is 0.528. The summed E-state index contributed by atoms with van der Waals surface area (Å²) in [6, 6.07) is 2.60. The van der Waals surface area contributed by atoms with Crippen molar-refractivity contribution in [3.05, 3.63) is 11.9 Å². The van der Waals surface area contributed by atoms with Gasteiger partial charge in [0.2, 0.25) is 0 Å². The number of nitrogens with one attached hydrogen (secondary N) is 2. The molecule has 19 heavy (non-hydrogen) atoms. The third-order valence-corrected chi connectivity index (χ3v) is 3.60. The summed E-state index contributed by atoms with van der Waals surface area (Å²) in [6.07, 6.45) is 2.31. The van der Waals surface area contributed by atoms with E-state index in [-0.39, 0.29) is 0 Å². The van der Waals surface area contributed by atoms with Crippen LogP contribution in [0, 0.1) is 6.92 Å². The number of hydrogen-bond acceptors (Lipinski definition) is 5. The molecular formula is C14H25N5. The smallest absolute Gasteiger partial charge is 0.134 e. The second-order valence-electron chi connectivity index (χ2n) is 5.00. The Morgan fingerprint density at radius 1 is 1.26 bits per heavy atom. The molecule has 1 aromatic rings. The lowest BCUT2D eigenvalue weighted by atomic mass is 10.1. The Kier molecular flexibility index (Phi) is 4.96. The Balaban J connectivity index is 2.11. The van der Waals surface area contributed by atoms with E-state index in [1.54, 1.807) is 0 Å². The average Bonchev–Trinajstić information content (AvgIpc) is 2.40. The van der Waals surface area contributed by atoms with Crippen LogP contribution in [0.3, 0.4) is 0 Å². The van der Waals surface area contributed by atoms with Crippen molar-refractivity contribution in [3.63, 3.8) is 0 Å². The van der Waals surface area contributed by atoms with Crippen molar-refractivity contribution >= 4 is 11.6 Å². The number of aryl methyl sites for hydroxylation is 1. The standard InChI is InChI=1S/C14H25N5/c1-4-19(5-2)14-10-13(16-11(3)17-14)18-12-6-8-15-9-7-12/h10,12,15H,4-9H2,1-3H3,(H,16,17,18). The normalized spacial score (nSPS) is 16.4. The van der Waals surface area contributed by atoms with Crippen LogP contribution in [-0.2, 0) is 0 Å². The maximum atomic E-state index is 4.53. The van der Waals surface area contributed by atoms with E-state index in [2.05, 4.69) is 45.4 Å². The fourth-order valence-electron chi connectivity index (χ4n) is 2.51. The first-order valence-corrected chi connectivity index (χ1v) is 7.30. The molecular weight excluding hydrogens is 238 g/mol. The molecule has 106 valence electrons. The van der Waals surface area contributed by atoms with Crippen molar-refractivity contribution in [3.8, 4) is 0 Å². The Hall–Kier alpha value is -1.36. The molecule has 0 aliphatic carbocycles. The van der Waals surface area contributed by atoms with Crippen LogP contribution in [0.2, 0.25) is 0 Å². The molecule has 1 saturated heterocycles. The van der Waals surface area contributed by atoms with Crippen molar-refractivity contribution in [1.29, 1.82) is 0 Å². The highest BCUT2D eigenvalue weighted by atomic mass is 15.2. The van der Waals surface area contributed by atoms with Gasteiger partial charge >= 0.3 is 0 Å². The summed E-state index contributed by atoms with van der Waals surface area (Å²) in [5.41, 5.74) is 0.